The summed E-state index contributed by atoms with van der Waals surface area (Å²) >= 11 is 0. The molecule has 0 unspecified atom stereocenters. The van der Waals surface area contributed by atoms with Crippen LogP contribution in [0.15, 0.2) is 18.2 Å². The Morgan fingerprint density at radius 1 is 1.06 bits per heavy atom. The third kappa shape index (κ3) is 2.03. The number of hydrogen-bond donors (Lipinski definition) is 0. The molecule has 0 radical (unpaired) electrons. The zero-order valence-electron chi connectivity index (χ0n) is 10.2. The highest BCUT2D eigenvalue weighted by atomic mass is 19.2. The summed E-state index contributed by atoms with van der Waals surface area (Å²) in [5.74, 6) is -3.08. The van der Waals surface area contributed by atoms with E-state index in [0.29, 0.717) is 18.4 Å². The van der Waals surface area contributed by atoms with Gasteiger partial charge in [0.2, 0.25) is 0 Å². The molecule has 0 saturated carbocycles. The van der Waals surface area contributed by atoms with Gasteiger partial charge in [-0.25, -0.2) is 13.2 Å². The van der Waals surface area contributed by atoms with Crippen LogP contribution in [0.5, 0.6) is 5.75 Å². The lowest BCUT2D eigenvalue weighted by atomic mass is 10.1. The van der Waals surface area contributed by atoms with E-state index in [-0.39, 0.29) is 16.7 Å². The number of aryl methyl sites for hydroxylation is 1. The monoisotopic (exact) mass is 254 g/mol. The van der Waals surface area contributed by atoms with E-state index in [1.807, 2.05) is 6.92 Å². The van der Waals surface area contributed by atoms with Crippen molar-refractivity contribution in [3.8, 4) is 5.75 Å². The Kier molecular flexibility index (Phi) is 3.45. The maximum Gasteiger partial charge on any atom is 0.175 e. The summed E-state index contributed by atoms with van der Waals surface area (Å²) in [5, 5.41) is -0.0283. The summed E-state index contributed by atoms with van der Waals surface area (Å²) in [5.41, 5.74) is 0.154. The second kappa shape index (κ2) is 4.88. The zero-order valence-corrected chi connectivity index (χ0v) is 10.2. The number of ether oxygens (including phenoxy) is 1. The zero-order chi connectivity index (χ0) is 13.3. The molecule has 2 aromatic rings. The second-order valence-corrected chi connectivity index (χ2v) is 4.15. The molecule has 2 rings (SSSR count). The first-order chi connectivity index (χ1) is 8.56. The van der Waals surface area contributed by atoms with Crippen LogP contribution < -0.4 is 4.74 Å². The highest BCUT2D eigenvalue weighted by molar-refractivity contribution is 5.86. The van der Waals surface area contributed by atoms with Gasteiger partial charge >= 0.3 is 0 Å². The Morgan fingerprint density at radius 3 is 2.44 bits per heavy atom. The lowest BCUT2D eigenvalue weighted by Gasteiger charge is -2.10. The van der Waals surface area contributed by atoms with Gasteiger partial charge < -0.3 is 4.74 Å². The van der Waals surface area contributed by atoms with Crippen LogP contribution in [0.2, 0.25) is 0 Å². The molecule has 0 aliphatic carbocycles. The van der Waals surface area contributed by atoms with Gasteiger partial charge in [-0.1, -0.05) is 13.0 Å². The van der Waals surface area contributed by atoms with E-state index < -0.39 is 17.5 Å². The summed E-state index contributed by atoms with van der Waals surface area (Å²) < 4.78 is 46.4. The van der Waals surface area contributed by atoms with E-state index in [9.17, 15) is 13.2 Å². The molecule has 0 aromatic heterocycles. The van der Waals surface area contributed by atoms with E-state index in [1.165, 1.54) is 25.1 Å². The van der Waals surface area contributed by atoms with Gasteiger partial charge in [0.05, 0.1) is 12.0 Å². The van der Waals surface area contributed by atoms with Gasteiger partial charge in [0.25, 0.3) is 0 Å². The molecule has 0 amide bonds. The minimum absolute atomic E-state index is 0.0495. The lowest BCUT2D eigenvalue weighted by Crippen LogP contribution is -2.00. The van der Waals surface area contributed by atoms with Crippen LogP contribution in [-0.4, -0.2) is 6.61 Å². The van der Waals surface area contributed by atoms with Crippen LogP contribution >= 0.6 is 0 Å². The average Bonchev–Trinajstić information content (AvgIpc) is 2.35. The Hall–Kier alpha value is -1.71. The molecule has 96 valence electrons. The Morgan fingerprint density at radius 2 is 1.78 bits per heavy atom. The highest BCUT2D eigenvalue weighted by Crippen LogP contribution is 2.31. The van der Waals surface area contributed by atoms with Crippen LogP contribution in [0.25, 0.3) is 10.8 Å². The number of hydrogen-bond acceptors (Lipinski definition) is 1. The maximum absolute atomic E-state index is 14.0. The van der Waals surface area contributed by atoms with Crippen molar-refractivity contribution in [2.24, 2.45) is 0 Å². The van der Waals surface area contributed by atoms with Crippen molar-refractivity contribution in [1.82, 2.24) is 0 Å². The van der Waals surface area contributed by atoms with E-state index >= 15 is 0 Å². The number of halogens is 3. The number of fused-ring (bicyclic) bond motifs is 1. The standard InChI is InChI=1S/C14H13F3O/c1-3-6-18-10-5-4-9-7-8(2)12(15)14(17)11(9)13(10)16/h4-5,7H,3,6H2,1-2H3. The summed E-state index contributed by atoms with van der Waals surface area (Å²) in [6, 6.07) is 4.38. The molecule has 0 saturated heterocycles. The Balaban J connectivity index is 2.66. The molecule has 1 nitrogen and oxygen atoms in total. The van der Waals surface area contributed by atoms with Crippen molar-refractivity contribution in [3.63, 3.8) is 0 Å². The second-order valence-electron chi connectivity index (χ2n) is 4.15. The molecule has 0 atom stereocenters. The lowest BCUT2D eigenvalue weighted by molar-refractivity contribution is 0.302. The Labute approximate surface area is 103 Å². The van der Waals surface area contributed by atoms with Crippen LogP contribution in [0.1, 0.15) is 18.9 Å². The quantitative estimate of drug-likeness (QED) is 0.791. The number of benzene rings is 2. The van der Waals surface area contributed by atoms with Gasteiger partial charge in [0.1, 0.15) is 0 Å². The minimum atomic E-state index is -1.16. The van der Waals surface area contributed by atoms with Crippen molar-refractivity contribution in [2.45, 2.75) is 20.3 Å². The highest BCUT2D eigenvalue weighted by Gasteiger charge is 2.17. The van der Waals surface area contributed by atoms with Crippen molar-refractivity contribution >= 4 is 10.8 Å². The van der Waals surface area contributed by atoms with Crippen molar-refractivity contribution in [1.29, 1.82) is 0 Å². The summed E-state index contributed by atoms with van der Waals surface area (Å²) in [7, 11) is 0. The number of rotatable bonds is 3. The molecule has 0 fully saturated rings. The van der Waals surface area contributed by atoms with Crippen molar-refractivity contribution < 1.29 is 17.9 Å². The van der Waals surface area contributed by atoms with Gasteiger partial charge in [0, 0.05) is 0 Å². The maximum atomic E-state index is 14.0. The fourth-order valence-corrected chi connectivity index (χ4v) is 1.82. The van der Waals surface area contributed by atoms with E-state index in [2.05, 4.69) is 0 Å². The van der Waals surface area contributed by atoms with Crippen molar-refractivity contribution in [2.75, 3.05) is 6.61 Å². The smallest absolute Gasteiger partial charge is 0.175 e. The average molecular weight is 254 g/mol. The largest absolute Gasteiger partial charge is 0.491 e. The third-order valence-electron chi connectivity index (χ3n) is 2.73. The van der Waals surface area contributed by atoms with Gasteiger partial charge in [-0.15, -0.1) is 0 Å². The predicted molar refractivity (Wildman–Crippen MR) is 64.3 cm³/mol. The normalized spacial score (nSPS) is 10.9. The topological polar surface area (TPSA) is 9.23 Å². The van der Waals surface area contributed by atoms with Crippen LogP contribution in [0, 0.1) is 24.4 Å². The van der Waals surface area contributed by atoms with E-state index in [4.69, 9.17) is 4.74 Å². The first-order valence-corrected chi connectivity index (χ1v) is 5.75. The molecule has 0 aliphatic heterocycles. The molecule has 0 N–H and O–H groups in total. The predicted octanol–water partition coefficient (Wildman–Crippen LogP) is 4.35. The van der Waals surface area contributed by atoms with Crippen LogP contribution in [0.3, 0.4) is 0 Å². The molecule has 0 aliphatic rings. The minimum Gasteiger partial charge on any atom is -0.491 e. The molecular weight excluding hydrogens is 241 g/mol. The fourth-order valence-electron chi connectivity index (χ4n) is 1.82. The van der Waals surface area contributed by atoms with Crippen LogP contribution in [0.4, 0.5) is 13.2 Å². The van der Waals surface area contributed by atoms with E-state index in [1.54, 1.807) is 0 Å². The summed E-state index contributed by atoms with van der Waals surface area (Å²) in [6.07, 6.45) is 0.711. The molecule has 18 heavy (non-hydrogen) atoms. The van der Waals surface area contributed by atoms with Crippen molar-refractivity contribution in [3.05, 3.63) is 41.2 Å². The fraction of sp³-hybridized carbons (Fsp3) is 0.286. The molecule has 0 heterocycles. The molecular formula is C14H13F3O. The summed E-state index contributed by atoms with van der Waals surface area (Å²) in [4.78, 5) is 0. The third-order valence-corrected chi connectivity index (χ3v) is 2.73. The molecule has 4 heteroatoms. The van der Waals surface area contributed by atoms with E-state index in [0.717, 1.165) is 0 Å². The van der Waals surface area contributed by atoms with Gasteiger partial charge in [-0.2, -0.15) is 0 Å². The SMILES string of the molecule is CCCOc1ccc2cc(C)c(F)c(F)c2c1F. The van der Waals surface area contributed by atoms with Gasteiger partial charge in [-0.3, -0.25) is 0 Å². The molecule has 0 spiro atoms. The van der Waals surface area contributed by atoms with Crippen LogP contribution in [-0.2, 0) is 0 Å². The Bertz CT molecular complexity index is 593. The first kappa shape index (κ1) is 12.7. The summed E-state index contributed by atoms with van der Waals surface area (Å²) in [6.45, 7) is 3.65. The van der Waals surface area contributed by atoms with Gasteiger partial charge in [-0.05, 0) is 36.4 Å². The van der Waals surface area contributed by atoms with Gasteiger partial charge in [0.15, 0.2) is 23.2 Å². The molecule has 2 aromatic carbocycles. The first-order valence-electron chi connectivity index (χ1n) is 5.75. The molecule has 0 bridgehead atoms.